The predicted molar refractivity (Wildman–Crippen MR) is 153 cm³/mol. The minimum atomic E-state index is -3.97. The summed E-state index contributed by atoms with van der Waals surface area (Å²) >= 11 is 6.43. The van der Waals surface area contributed by atoms with Crippen LogP contribution >= 0.6 is 11.6 Å². The van der Waals surface area contributed by atoms with Gasteiger partial charge in [-0.2, -0.15) is 0 Å². The first kappa shape index (κ1) is 29.3. The Labute approximate surface area is 240 Å². The third kappa shape index (κ3) is 6.54. The van der Waals surface area contributed by atoms with Crippen LogP contribution in [-0.2, 0) is 32.6 Å². The van der Waals surface area contributed by atoms with Crippen molar-refractivity contribution < 1.29 is 22.8 Å². The third-order valence-electron chi connectivity index (χ3n) is 6.66. The molecule has 1 N–H and O–H groups in total. The molecule has 0 aromatic heterocycles. The van der Waals surface area contributed by atoms with Crippen LogP contribution in [0, 0.1) is 0 Å². The molecule has 0 fully saturated rings. The molecule has 0 bridgehead atoms. The van der Waals surface area contributed by atoms with Crippen LogP contribution in [-0.4, -0.2) is 54.0 Å². The van der Waals surface area contributed by atoms with Crippen LogP contribution < -0.4 is 5.32 Å². The number of sulfonamides is 1. The van der Waals surface area contributed by atoms with E-state index < -0.39 is 22.0 Å². The Morgan fingerprint density at radius 3 is 2.27 bits per heavy atom. The van der Waals surface area contributed by atoms with Gasteiger partial charge in [-0.1, -0.05) is 72.3 Å². The molecule has 40 heavy (non-hydrogen) atoms. The number of nitrogens with zero attached hydrogens (tertiary/aromatic N) is 2. The fourth-order valence-electron chi connectivity index (χ4n) is 4.71. The smallest absolute Gasteiger partial charge is 0.269 e. The summed E-state index contributed by atoms with van der Waals surface area (Å²) in [7, 11) is -3.97. The molecule has 1 aliphatic rings. The standard InChI is InChI=1S/C30H32ClN3O5S/c1-21(2)32-29(36)26(19-22-11-4-3-5-12-22)33(20-23-13-6-8-15-25(23)31)28(35)17-10-18-34-30(37)24-14-7-9-16-27(24)40(34,38)39/h3-9,11-16,21,26H,10,17-20H2,1-2H3,(H,32,36)/t26-/m1/s1. The minimum absolute atomic E-state index is 0.0278. The molecular weight excluding hydrogens is 550 g/mol. The van der Waals surface area contributed by atoms with E-state index >= 15 is 0 Å². The van der Waals surface area contributed by atoms with E-state index in [-0.39, 0.29) is 60.7 Å². The van der Waals surface area contributed by atoms with Crippen molar-refractivity contribution in [3.05, 3.63) is 101 Å². The maximum atomic E-state index is 13.8. The minimum Gasteiger partial charge on any atom is -0.352 e. The van der Waals surface area contributed by atoms with Crippen LogP contribution in [0.4, 0.5) is 0 Å². The fraction of sp³-hybridized carbons (Fsp3) is 0.300. The first-order valence-corrected chi connectivity index (χ1v) is 14.9. The lowest BCUT2D eigenvalue weighted by Gasteiger charge is -2.32. The number of amides is 3. The summed E-state index contributed by atoms with van der Waals surface area (Å²) in [5, 5.41) is 3.40. The highest BCUT2D eigenvalue weighted by atomic mass is 35.5. The number of hydrogen-bond acceptors (Lipinski definition) is 5. The number of carbonyl (C=O) groups excluding carboxylic acids is 3. The topological polar surface area (TPSA) is 104 Å². The number of benzene rings is 3. The van der Waals surface area contributed by atoms with Crippen molar-refractivity contribution in [1.29, 1.82) is 0 Å². The number of halogens is 1. The second kappa shape index (κ2) is 12.7. The van der Waals surface area contributed by atoms with Crippen molar-refractivity contribution in [2.24, 2.45) is 0 Å². The van der Waals surface area contributed by atoms with E-state index in [4.69, 9.17) is 11.6 Å². The largest absolute Gasteiger partial charge is 0.352 e. The highest BCUT2D eigenvalue weighted by molar-refractivity contribution is 7.90. The van der Waals surface area contributed by atoms with Gasteiger partial charge in [-0.25, -0.2) is 12.7 Å². The number of hydrogen-bond donors (Lipinski definition) is 1. The molecule has 4 rings (SSSR count). The highest BCUT2D eigenvalue weighted by Gasteiger charge is 2.40. The van der Waals surface area contributed by atoms with Crippen molar-refractivity contribution in [2.75, 3.05) is 6.54 Å². The van der Waals surface area contributed by atoms with Gasteiger partial charge in [-0.15, -0.1) is 0 Å². The Morgan fingerprint density at radius 1 is 0.950 bits per heavy atom. The molecule has 210 valence electrons. The number of rotatable bonds is 11. The molecule has 0 spiro atoms. The van der Waals surface area contributed by atoms with Gasteiger partial charge in [0.05, 0.1) is 5.56 Å². The molecule has 1 aliphatic heterocycles. The monoisotopic (exact) mass is 581 g/mol. The first-order valence-electron chi connectivity index (χ1n) is 13.1. The summed E-state index contributed by atoms with van der Waals surface area (Å²) in [5.41, 5.74) is 1.69. The molecule has 0 radical (unpaired) electrons. The summed E-state index contributed by atoms with van der Waals surface area (Å²) in [5.74, 6) is -1.25. The third-order valence-corrected chi connectivity index (χ3v) is 8.87. The Kier molecular flexibility index (Phi) is 9.27. The van der Waals surface area contributed by atoms with Crippen molar-refractivity contribution >= 4 is 39.3 Å². The van der Waals surface area contributed by atoms with Crippen LogP contribution in [0.25, 0.3) is 0 Å². The van der Waals surface area contributed by atoms with E-state index in [0.717, 1.165) is 9.87 Å². The summed E-state index contributed by atoms with van der Waals surface area (Å²) in [4.78, 5) is 41.5. The van der Waals surface area contributed by atoms with Gasteiger partial charge in [0.1, 0.15) is 10.9 Å². The second-order valence-corrected chi connectivity index (χ2v) is 12.2. The average molecular weight is 582 g/mol. The van der Waals surface area contributed by atoms with E-state index in [9.17, 15) is 22.8 Å². The average Bonchev–Trinajstić information content (AvgIpc) is 3.12. The molecule has 0 saturated heterocycles. The van der Waals surface area contributed by atoms with Crippen molar-refractivity contribution in [3.63, 3.8) is 0 Å². The van der Waals surface area contributed by atoms with Gasteiger partial charge >= 0.3 is 0 Å². The molecule has 3 aromatic carbocycles. The number of fused-ring (bicyclic) bond motifs is 1. The van der Waals surface area contributed by atoms with Crippen molar-refractivity contribution in [2.45, 2.75) is 56.6 Å². The summed E-state index contributed by atoms with van der Waals surface area (Å²) in [6.45, 7) is 3.64. The Morgan fingerprint density at radius 2 is 1.60 bits per heavy atom. The van der Waals surface area contributed by atoms with Crippen LogP contribution in [0.2, 0.25) is 5.02 Å². The molecule has 0 unspecified atom stereocenters. The molecular formula is C30H32ClN3O5S. The lowest BCUT2D eigenvalue weighted by Crippen LogP contribution is -2.51. The zero-order valence-corrected chi connectivity index (χ0v) is 24.0. The van der Waals surface area contributed by atoms with Gasteiger partial charge in [0.15, 0.2) is 0 Å². The SMILES string of the molecule is CC(C)NC(=O)[C@@H](Cc1ccccc1)N(Cc1ccccc1Cl)C(=O)CCCN1C(=O)c2ccccc2S1(=O)=O. The lowest BCUT2D eigenvalue weighted by atomic mass is 10.0. The van der Waals surface area contributed by atoms with E-state index in [1.54, 1.807) is 30.3 Å². The molecule has 3 amide bonds. The summed E-state index contributed by atoms with van der Waals surface area (Å²) in [6.07, 6.45) is 0.310. The van der Waals surface area contributed by atoms with Crippen LogP contribution in [0.5, 0.6) is 0 Å². The van der Waals surface area contributed by atoms with Gasteiger partial charge in [0, 0.05) is 37.0 Å². The van der Waals surface area contributed by atoms with Gasteiger partial charge in [0.25, 0.3) is 15.9 Å². The predicted octanol–water partition coefficient (Wildman–Crippen LogP) is 4.43. The molecule has 1 heterocycles. The highest BCUT2D eigenvalue weighted by Crippen LogP contribution is 2.30. The molecule has 0 aliphatic carbocycles. The molecule has 10 heteroatoms. The Bertz CT molecular complexity index is 1490. The molecule has 1 atom stereocenters. The maximum absolute atomic E-state index is 13.8. The van der Waals surface area contributed by atoms with Gasteiger partial charge in [-0.05, 0) is 49.6 Å². The van der Waals surface area contributed by atoms with Gasteiger partial charge in [0.2, 0.25) is 11.8 Å². The van der Waals surface area contributed by atoms with E-state index in [0.29, 0.717) is 10.6 Å². The summed E-state index contributed by atoms with van der Waals surface area (Å²) in [6, 6.07) is 21.6. The van der Waals surface area contributed by atoms with Crippen LogP contribution in [0.3, 0.4) is 0 Å². The zero-order valence-electron chi connectivity index (χ0n) is 22.4. The lowest BCUT2D eigenvalue weighted by molar-refractivity contribution is -0.141. The second-order valence-electron chi connectivity index (χ2n) is 9.96. The molecule has 8 nitrogen and oxygen atoms in total. The Hall–Kier alpha value is -3.69. The van der Waals surface area contributed by atoms with Crippen molar-refractivity contribution in [3.8, 4) is 0 Å². The van der Waals surface area contributed by atoms with E-state index in [2.05, 4.69) is 5.32 Å². The van der Waals surface area contributed by atoms with Crippen molar-refractivity contribution in [1.82, 2.24) is 14.5 Å². The van der Waals surface area contributed by atoms with Gasteiger partial charge in [-0.3, -0.25) is 14.4 Å². The zero-order chi connectivity index (χ0) is 28.9. The number of nitrogens with one attached hydrogen (secondary N) is 1. The fourth-order valence-corrected chi connectivity index (χ4v) is 6.52. The molecule has 3 aromatic rings. The quantitative estimate of drug-likeness (QED) is 0.361. The van der Waals surface area contributed by atoms with Gasteiger partial charge < -0.3 is 10.2 Å². The van der Waals surface area contributed by atoms with E-state index in [1.165, 1.54) is 17.0 Å². The molecule has 0 saturated carbocycles. The first-order chi connectivity index (χ1) is 19.1. The van der Waals surface area contributed by atoms with Crippen LogP contribution in [0.1, 0.15) is 48.2 Å². The maximum Gasteiger partial charge on any atom is 0.269 e. The van der Waals surface area contributed by atoms with E-state index in [1.807, 2.05) is 50.2 Å². The normalized spacial score (nSPS) is 14.6. The number of carbonyl (C=O) groups is 3. The van der Waals surface area contributed by atoms with Crippen LogP contribution in [0.15, 0.2) is 83.8 Å². The Balaban J connectivity index is 1.57. The summed E-state index contributed by atoms with van der Waals surface area (Å²) < 4.78 is 26.7.